The summed E-state index contributed by atoms with van der Waals surface area (Å²) in [6, 6.07) is 8.60. The van der Waals surface area contributed by atoms with Crippen molar-refractivity contribution in [3.05, 3.63) is 77.4 Å². The Morgan fingerprint density at radius 1 is 1.00 bits per heavy atom. The van der Waals surface area contributed by atoms with Crippen LogP contribution in [-0.4, -0.2) is 34.3 Å². The SMILES string of the molecule is CNC(=O)c1ncn(-c2ccc(NC(=O)c3cc(F)cc(F)c3)cc2)c1C(N)=O. The highest BCUT2D eigenvalue weighted by Crippen LogP contribution is 2.19. The van der Waals surface area contributed by atoms with Crippen LogP contribution in [0.15, 0.2) is 48.8 Å². The van der Waals surface area contributed by atoms with Crippen LogP contribution in [0, 0.1) is 11.6 Å². The Hall–Kier alpha value is -4.08. The van der Waals surface area contributed by atoms with Gasteiger partial charge in [0, 0.05) is 30.1 Å². The van der Waals surface area contributed by atoms with E-state index in [1.54, 1.807) is 12.1 Å². The van der Waals surface area contributed by atoms with Crippen LogP contribution in [0.4, 0.5) is 14.5 Å². The zero-order valence-electron chi connectivity index (χ0n) is 15.1. The monoisotopic (exact) mass is 399 g/mol. The summed E-state index contributed by atoms with van der Waals surface area (Å²) in [4.78, 5) is 39.7. The van der Waals surface area contributed by atoms with Crippen molar-refractivity contribution in [2.45, 2.75) is 0 Å². The van der Waals surface area contributed by atoms with Crippen LogP contribution in [0.3, 0.4) is 0 Å². The summed E-state index contributed by atoms with van der Waals surface area (Å²) in [7, 11) is 1.40. The van der Waals surface area contributed by atoms with Gasteiger partial charge in [-0.15, -0.1) is 0 Å². The maximum absolute atomic E-state index is 13.3. The molecule has 3 aromatic rings. The van der Waals surface area contributed by atoms with Crippen molar-refractivity contribution in [2.24, 2.45) is 5.73 Å². The number of carbonyl (C=O) groups excluding carboxylic acids is 3. The van der Waals surface area contributed by atoms with E-state index in [0.29, 0.717) is 17.4 Å². The van der Waals surface area contributed by atoms with E-state index in [1.807, 2.05) is 0 Å². The Bertz CT molecular complexity index is 1090. The lowest BCUT2D eigenvalue weighted by molar-refractivity contribution is 0.0937. The normalized spacial score (nSPS) is 10.4. The van der Waals surface area contributed by atoms with Crippen LogP contribution in [0.25, 0.3) is 5.69 Å². The van der Waals surface area contributed by atoms with E-state index in [4.69, 9.17) is 5.73 Å². The average Bonchev–Trinajstić information content (AvgIpc) is 3.12. The fourth-order valence-electron chi connectivity index (χ4n) is 2.66. The second-order valence-corrected chi connectivity index (χ2v) is 5.91. The van der Waals surface area contributed by atoms with Crippen molar-refractivity contribution in [3.63, 3.8) is 0 Å². The smallest absolute Gasteiger partial charge is 0.272 e. The van der Waals surface area contributed by atoms with Gasteiger partial charge in [-0.3, -0.25) is 19.0 Å². The summed E-state index contributed by atoms with van der Waals surface area (Å²) in [6.07, 6.45) is 1.27. The van der Waals surface area contributed by atoms with E-state index >= 15 is 0 Å². The fourth-order valence-corrected chi connectivity index (χ4v) is 2.66. The number of nitrogens with zero attached hydrogens (tertiary/aromatic N) is 2. The molecular formula is C19H15F2N5O3. The maximum Gasteiger partial charge on any atom is 0.272 e. The minimum absolute atomic E-state index is 0.101. The van der Waals surface area contributed by atoms with Gasteiger partial charge in [0.15, 0.2) is 5.69 Å². The Morgan fingerprint density at radius 2 is 1.62 bits per heavy atom. The molecule has 3 amide bonds. The lowest BCUT2D eigenvalue weighted by atomic mass is 10.2. The van der Waals surface area contributed by atoms with E-state index in [0.717, 1.165) is 12.1 Å². The summed E-state index contributed by atoms with van der Waals surface area (Å²) in [5.74, 6) is -3.83. The van der Waals surface area contributed by atoms with Crippen LogP contribution >= 0.6 is 0 Å². The van der Waals surface area contributed by atoms with E-state index in [1.165, 1.54) is 30.1 Å². The van der Waals surface area contributed by atoms with Gasteiger partial charge in [-0.2, -0.15) is 0 Å². The molecule has 0 spiro atoms. The van der Waals surface area contributed by atoms with Crippen LogP contribution < -0.4 is 16.4 Å². The van der Waals surface area contributed by atoms with E-state index in [9.17, 15) is 23.2 Å². The number of nitrogens with one attached hydrogen (secondary N) is 2. The van der Waals surface area contributed by atoms with Gasteiger partial charge in [-0.25, -0.2) is 13.8 Å². The fraction of sp³-hybridized carbons (Fsp3) is 0.0526. The first-order chi connectivity index (χ1) is 13.8. The molecule has 3 rings (SSSR count). The average molecular weight is 399 g/mol. The number of imidazole rings is 1. The molecule has 148 valence electrons. The van der Waals surface area contributed by atoms with Crippen molar-refractivity contribution in [1.29, 1.82) is 0 Å². The molecule has 0 radical (unpaired) electrons. The van der Waals surface area contributed by atoms with Crippen molar-refractivity contribution < 1.29 is 23.2 Å². The standard InChI is InChI=1S/C19H15F2N5O3/c1-23-19(29)15-16(17(22)27)26(9-24-15)14-4-2-13(3-5-14)25-18(28)10-6-11(20)8-12(21)7-10/h2-9H,1H3,(H2,22,27)(H,23,29)(H,25,28). The predicted octanol–water partition coefficient (Wildman–Crippen LogP) is 1.86. The molecule has 0 aliphatic carbocycles. The second kappa shape index (κ2) is 7.89. The molecule has 4 N–H and O–H groups in total. The van der Waals surface area contributed by atoms with E-state index in [2.05, 4.69) is 15.6 Å². The van der Waals surface area contributed by atoms with Crippen molar-refractivity contribution in [3.8, 4) is 5.69 Å². The number of aromatic nitrogens is 2. The number of amides is 3. The molecule has 8 nitrogen and oxygen atoms in total. The van der Waals surface area contributed by atoms with Crippen molar-refractivity contribution in [1.82, 2.24) is 14.9 Å². The van der Waals surface area contributed by atoms with Crippen LogP contribution in [0.1, 0.15) is 31.3 Å². The third-order valence-electron chi connectivity index (χ3n) is 3.97. The number of halogens is 2. The summed E-state index contributed by atoms with van der Waals surface area (Å²) in [6.45, 7) is 0. The van der Waals surface area contributed by atoms with Gasteiger partial charge in [0.1, 0.15) is 23.7 Å². The highest BCUT2D eigenvalue weighted by molar-refractivity contribution is 6.05. The summed E-state index contributed by atoms with van der Waals surface area (Å²) < 4.78 is 27.9. The summed E-state index contributed by atoms with van der Waals surface area (Å²) in [5.41, 5.74) is 5.78. The Labute approximate surface area is 163 Å². The lowest BCUT2D eigenvalue weighted by Crippen LogP contribution is -2.25. The van der Waals surface area contributed by atoms with Crippen LogP contribution in [-0.2, 0) is 0 Å². The maximum atomic E-state index is 13.3. The molecule has 0 aliphatic heterocycles. The Kier molecular flexibility index (Phi) is 5.35. The molecule has 0 unspecified atom stereocenters. The van der Waals surface area contributed by atoms with Crippen LogP contribution in [0.2, 0.25) is 0 Å². The van der Waals surface area contributed by atoms with Crippen LogP contribution in [0.5, 0.6) is 0 Å². The number of carbonyl (C=O) groups is 3. The molecule has 0 atom stereocenters. The van der Waals surface area contributed by atoms with E-state index < -0.39 is 29.4 Å². The molecular weight excluding hydrogens is 384 g/mol. The number of rotatable bonds is 5. The van der Waals surface area contributed by atoms with Gasteiger partial charge in [0.2, 0.25) is 0 Å². The van der Waals surface area contributed by atoms with Crippen molar-refractivity contribution >= 4 is 23.4 Å². The van der Waals surface area contributed by atoms with Gasteiger partial charge in [0.05, 0.1) is 0 Å². The van der Waals surface area contributed by atoms with Crippen molar-refractivity contribution in [2.75, 3.05) is 12.4 Å². The minimum atomic E-state index is -0.864. The third kappa shape index (κ3) is 4.10. The number of primary amides is 1. The summed E-state index contributed by atoms with van der Waals surface area (Å²) >= 11 is 0. The van der Waals surface area contributed by atoms with Gasteiger partial charge in [-0.1, -0.05) is 0 Å². The molecule has 29 heavy (non-hydrogen) atoms. The molecule has 0 fully saturated rings. The van der Waals surface area contributed by atoms with Gasteiger partial charge >= 0.3 is 0 Å². The first kappa shape index (κ1) is 19.7. The minimum Gasteiger partial charge on any atom is -0.364 e. The molecule has 0 saturated carbocycles. The molecule has 1 aromatic heterocycles. The first-order valence-electron chi connectivity index (χ1n) is 8.27. The zero-order valence-corrected chi connectivity index (χ0v) is 15.1. The molecule has 0 aliphatic rings. The number of hydrogen-bond donors (Lipinski definition) is 3. The molecule has 2 aromatic carbocycles. The Morgan fingerprint density at radius 3 is 2.17 bits per heavy atom. The zero-order chi connectivity index (χ0) is 21.1. The molecule has 0 saturated heterocycles. The lowest BCUT2D eigenvalue weighted by Gasteiger charge is -2.09. The molecule has 1 heterocycles. The third-order valence-corrected chi connectivity index (χ3v) is 3.97. The molecule has 10 heteroatoms. The highest BCUT2D eigenvalue weighted by Gasteiger charge is 2.22. The first-order valence-corrected chi connectivity index (χ1v) is 8.27. The topological polar surface area (TPSA) is 119 Å². The molecule has 0 bridgehead atoms. The van der Waals surface area contributed by atoms with E-state index in [-0.39, 0.29) is 17.0 Å². The number of nitrogens with two attached hydrogens (primary N) is 1. The Balaban J connectivity index is 1.86. The highest BCUT2D eigenvalue weighted by atomic mass is 19.1. The largest absolute Gasteiger partial charge is 0.364 e. The number of hydrogen-bond acceptors (Lipinski definition) is 4. The van der Waals surface area contributed by atoms with Gasteiger partial charge in [-0.05, 0) is 36.4 Å². The summed E-state index contributed by atoms with van der Waals surface area (Å²) in [5, 5.41) is 4.88. The number of anilines is 1. The number of benzene rings is 2. The predicted molar refractivity (Wildman–Crippen MR) is 99.8 cm³/mol. The van der Waals surface area contributed by atoms with Gasteiger partial charge < -0.3 is 16.4 Å². The van der Waals surface area contributed by atoms with Gasteiger partial charge in [0.25, 0.3) is 17.7 Å². The second-order valence-electron chi connectivity index (χ2n) is 5.91. The quantitative estimate of drug-likeness (QED) is 0.607.